The highest BCUT2D eigenvalue weighted by Gasteiger charge is 2.14. The van der Waals surface area contributed by atoms with Crippen molar-refractivity contribution in [3.05, 3.63) is 48.0 Å². The van der Waals surface area contributed by atoms with Crippen LogP contribution in [-0.2, 0) is 25.5 Å². The minimum absolute atomic E-state index is 0.342. The molecule has 1 aliphatic carbocycles. The van der Waals surface area contributed by atoms with Crippen molar-refractivity contribution in [2.75, 3.05) is 13.2 Å². The van der Waals surface area contributed by atoms with Crippen molar-refractivity contribution in [2.24, 2.45) is 5.92 Å². The number of esters is 2. The van der Waals surface area contributed by atoms with E-state index in [-0.39, 0.29) is 0 Å². The van der Waals surface area contributed by atoms with Crippen LogP contribution in [0.5, 0.6) is 0 Å². The van der Waals surface area contributed by atoms with Crippen molar-refractivity contribution in [1.29, 1.82) is 0 Å². The lowest BCUT2D eigenvalue weighted by atomic mass is 9.90. The van der Waals surface area contributed by atoms with Crippen LogP contribution in [0.3, 0.4) is 0 Å². The maximum atomic E-state index is 11.6. The van der Waals surface area contributed by atoms with Crippen LogP contribution in [0, 0.1) is 5.92 Å². The van der Waals surface area contributed by atoms with Crippen molar-refractivity contribution in [1.82, 2.24) is 0 Å². The standard InChI is InChI=1S/C20H26O4/c21-19(23-15-7-12-17-8-3-1-4-9-17)13-14-20(22)24-16-18-10-5-2-6-11-18/h1,3-4,8-9,13-14,18H,2,5-7,10-12,15-16H2/b14-13+. The van der Waals surface area contributed by atoms with Crippen molar-refractivity contribution in [3.8, 4) is 0 Å². The Morgan fingerprint density at radius 2 is 1.62 bits per heavy atom. The Morgan fingerprint density at radius 1 is 0.958 bits per heavy atom. The summed E-state index contributed by atoms with van der Waals surface area (Å²) in [6.45, 7) is 0.796. The zero-order valence-electron chi connectivity index (χ0n) is 14.1. The van der Waals surface area contributed by atoms with E-state index in [1.54, 1.807) is 0 Å². The molecule has 1 aromatic carbocycles. The van der Waals surface area contributed by atoms with Gasteiger partial charge in [-0.1, -0.05) is 49.6 Å². The van der Waals surface area contributed by atoms with E-state index >= 15 is 0 Å². The van der Waals surface area contributed by atoms with Gasteiger partial charge in [-0.15, -0.1) is 0 Å². The third-order valence-electron chi connectivity index (χ3n) is 4.24. The number of carbonyl (C=O) groups excluding carboxylic acids is 2. The van der Waals surface area contributed by atoms with Crippen LogP contribution < -0.4 is 0 Å². The molecule has 4 nitrogen and oxygen atoms in total. The maximum Gasteiger partial charge on any atom is 0.331 e. The van der Waals surface area contributed by atoms with Crippen LogP contribution in [0.15, 0.2) is 42.5 Å². The summed E-state index contributed by atoms with van der Waals surface area (Å²) in [6.07, 6.45) is 9.88. The Bertz CT molecular complexity index is 530. The van der Waals surface area contributed by atoms with Crippen LogP contribution in [0.1, 0.15) is 44.1 Å². The van der Waals surface area contributed by atoms with Gasteiger partial charge in [0.2, 0.25) is 0 Å². The second-order valence-corrected chi connectivity index (χ2v) is 6.22. The van der Waals surface area contributed by atoms with E-state index < -0.39 is 11.9 Å². The van der Waals surface area contributed by atoms with Crippen LogP contribution in [0.25, 0.3) is 0 Å². The molecule has 2 rings (SSSR count). The van der Waals surface area contributed by atoms with E-state index in [0.29, 0.717) is 19.1 Å². The molecule has 1 aromatic rings. The number of aryl methyl sites for hydroxylation is 1. The van der Waals surface area contributed by atoms with E-state index in [1.165, 1.54) is 24.8 Å². The molecule has 0 heterocycles. The number of hydrogen-bond donors (Lipinski definition) is 0. The quantitative estimate of drug-likeness (QED) is 0.413. The van der Waals surface area contributed by atoms with Crippen LogP contribution in [0.2, 0.25) is 0 Å². The lowest BCUT2D eigenvalue weighted by molar-refractivity contribution is -0.141. The Morgan fingerprint density at radius 3 is 2.33 bits per heavy atom. The summed E-state index contributed by atoms with van der Waals surface area (Å²) >= 11 is 0. The van der Waals surface area contributed by atoms with E-state index in [9.17, 15) is 9.59 Å². The average molecular weight is 330 g/mol. The summed E-state index contributed by atoms with van der Waals surface area (Å²) in [5.74, 6) is -0.500. The van der Waals surface area contributed by atoms with Crippen molar-refractivity contribution in [3.63, 3.8) is 0 Å². The molecule has 0 radical (unpaired) electrons. The normalized spacial score (nSPS) is 15.3. The first-order chi connectivity index (χ1) is 11.7. The van der Waals surface area contributed by atoms with Gasteiger partial charge in [-0.3, -0.25) is 0 Å². The predicted octanol–water partition coefficient (Wildman–Crippen LogP) is 3.84. The summed E-state index contributed by atoms with van der Waals surface area (Å²) in [6, 6.07) is 10.0. The molecule has 0 bridgehead atoms. The fourth-order valence-electron chi connectivity index (χ4n) is 2.88. The van der Waals surface area contributed by atoms with Gasteiger partial charge in [-0.2, -0.15) is 0 Å². The van der Waals surface area contributed by atoms with Crippen LogP contribution >= 0.6 is 0 Å². The molecule has 0 amide bonds. The largest absolute Gasteiger partial charge is 0.463 e. The second-order valence-electron chi connectivity index (χ2n) is 6.22. The fraction of sp³-hybridized carbons (Fsp3) is 0.500. The minimum atomic E-state index is -0.502. The molecule has 0 N–H and O–H groups in total. The van der Waals surface area contributed by atoms with Crippen molar-refractivity contribution >= 4 is 11.9 Å². The molecular weight excluding hydrogens is 304 g/mol. The Labute approximate surface area is 143 Å². The number of carbonyl (C=O) groups is 2. The maximum absolute atomic E-state index is 11.6. The van der Waals surface area contributed by atoms with E-state index in [2.05, 4.69) is 0 Å². The van der Waals surface area contributed by atoms with E-state index in [4.69, 9.17) is 9.47 Å². The van der Waals surface area contributed by atoms with Crippen molar-refractivity contribution in [2.45, 2.75) is 44.9 Å². The zero-order valence-corrected chi connectivity index (χ0v) is 14.1. The first kappa shape index (κ1) is 18.2. The molecule has 4 heteroatoms. The van der Waals surface area contributed by atoms with Gasteiger partial charge in [0.15, 0.2) is 0 Å². The molecular formula is C20H26O4. The van der Waals surface area contributed by atoms with Gasteiger partial charge in [0.05, 0.1) is 13.2 Å². The molecule has 0 saturated heterocycles. The molecule has 0 spiro atoms. The van der Waals surface area contributed by atoms with Crippen LogP contribution in [-0.4, -0.2) is 25.2 Å². The van der Waals surface area contributed by atoms with Gasteiger partial charge in [-0.05, 0) is 37.2 Å². The smallest absolute Gasteiger partial charge is 0.331 e. The molecule has 0 aliphatic heterocycles. The Hall–Kier alpha value is -2.10. The number of benzene rings is 1. The molecule has 0 unspecified atom stereocenters. The van der Waals surface area contributed by atoms with Crippen LogP contribution in [0.4, 0.5) is 0 Å². The van der Waals surface area contributed by atoms with Gasteiger partial charge in [0.25, 0.3) is 0 Å². The van der Waals surface area contributed by atoms with E-state index in [0.717, 1.165) is 37.8 Å². The number of hydrogen-bond acceptors (Lipinski definition) is 4. The number of rotatable bonds is 8. The van der Waals surface area contributed by atoms with Gasteiger partial charge in [-0.25, -0.2) is 9.59 Å². The average Bonchev–Trinajstić information content (AvgIpc) is 2.63. The lowest BCUT2D eigenvalue weighted by Gasteiger charge is -2.20. The Balaban J connectivity index is 1.55. The first-order valence-electron chi connectivity index (χ1n) is 8.79. The van der Waals surface area contributed by atoms with Gasteiger partial charge in [0.1, 0.15) is 0 Å². The molecule has 0 atom stereocenters. The summed E-state index contributed by atoms with van der Waals surface area (Å²) < 4.78 is 10.3. The minimum Gasteiger partial charge on any atom is -0.463 e. The lowest BCUT2D eigenvalue weighted by Crippen LogP contribution is -2.15. The number of ether oxygens (including phenoxy) is 2. The predicted molar refractivity (Wildman–Crippen MR) is 92.4 cm³/mol. The fourth-order valence-corrected chi connectivity index (χ4v) is 2.88. The topological polar surface area (TPSA) is 52.6 Å². The monoisotopic (exact) mass is 330 g/mol. The second kappa shape index (κ2) is 10.6. The Kier molecular flexibility index (Phi) is 8.08. The highest BCUT2D eigenvalue weighted by Crippen LogP contribution is 2.23. The third kappa shape index (κ3) is 7.44. The SMILES string of the molecule is O=C(/C=C/C(=O)OCC1CCCCC1)OCCCc1ccccc1. The first-order valence-corrected chi connectivity index (χ1v) is 8.79. The van der Waals surface area contributed by atoms with Gasteiger partial charge in [0, 0.05) is 12.2 Å². The van der Waals surface area contributed by atoms with Gasteiger partial charge >= 0.3 is 11.9 Å². The zero-order chi connectivity index (χ0) is 17.0. The van der Waals surface area contributed by atoms with E-state index in [1.807, 2.05) is 30.3 Å². The molecule has 1 fully saturated rings. The molecule has 130 valence electrons. The highest BCUT2D eigenvalue weighted by atomic mass is 16.5. The summed E-state index contributed by atoms with van der Waals surface area (Å²) in [4.78, 5) is 23.1. The van der Waals surface area contributed by atoms with Crippen molar-refractivity contribution < 1.29 is 19.1 Å². The highest BCUT2D eigenvalue weighted by molar-refractivity contribution is 5.91. The summed E-state index contributed by atoms with van der Waals surface area (Å²) in [5.41, 5.74) is 1.22. The summed E-state index contributed by atoms with van der Waals surface area (Å²) in [5, 5.41) is 0. The third-order valence-corrected chi connectivity index (χ3v) is 4.24. The molecule has 24 heavy (non-hydrogen) atoms. The molecule has 1 aliphatic rings. The molecule has 0 aromatic heterocycles. The molecule has 1 saturated carbocycles. The summed E-state index contributed by atoms with van der Waals surface area (Å²) in [7, 11) is 0. The van der Waals surface area contributed by atoms with Gasteiger partial charge < -0.3 is 9.47 Å².